The zero-order valence-corrected chi connectivity index (χ0v) is 12.5. The van der Waals surface area contributed by atoms with Gasteiger partial charge in [-0.3, -0.25) is 4.89 Å². The lowest BCUT2D eigenvalue weighted by Gasteiger charge is -2.08. The molecule has 0 saturated carbocycles. The molecule has 0 saturated heterocycles. The summed E-state index contributed by atoms with van der Waals surface area (Å²) in [5.41, 5.74) is 0. The van der Waals surface area contributed by atoms with Crippen molar-refractivity contribution >= 4 is 37.2 Å². The topological polar surface area (TPSA) is 44.8 Å². The van der Waals surface area contributed by atoms with Crippen molar-refractivity contribution < 1.29 is 16.4 Å². The first-order valence-corrected chi connectivity index (χ1v) is 8.32. The number of rotatable bonds is 8. The molecule has 0 amide bonds. The second-order valence-electron chi connectivity index (χ2n) is 2.68. The highest BCUT2D eigenvalue weighted by Crippen LogP contribution is 2.09. The average molecular weight is 271 g/mol. The molecule has 0 fully saturated rings. The predicted octanol–water partition coefficient (Wildman–Crippen LogP) is 2.77. The third-order valence-corrected chi connectivity index (χ3v) is 3.21. The number of hydrogen-bond donors (Lipinski definition) is 1. The zero-order chi connectivity index (χ0) is 11.9. The fourth-order valence-electron chi connectivity index (χ4n) is 0.711. The van der Waals surface area contributed by atoms with E-state index in [1.165, 1.54) is 45.7 Å². The zero-order valence-electron chi connectivity index (χ0n) is 9.60. The third-order valence-electron chi connectivity index (χ3n) is 1.46. The summed E-state index contributed by atoms with van der Waals surface area (Å²) < 4.78 is 18.3. The summed E-state index contributed by atoms with van der Waals surface area (Å²) in [6.07, 6.45) is 5.43. The standard InChI is InChI=1S/C6H14S2.CH4O2.CH3O.Al.O/c1-2-3-4-5-6-8-7;1-3-2;1-2;;/h7H,2-6H2,1H3;2H,1H3;1H3;;/q;;-1;+1;/p-1. The fraction of sp³-hybridized carbons (Fsp3) is 1.00. The van der Waals surface area contributed by atoms with Crippen molar-refractivity contribution in [2.45, 2.75) is 32.6 Å². The first-order valence-electron chi connectivity index (χ1n) is 4.87. The van der Waals surface area contributed by atoms with E-state index in [1.54, 1.807) is 10.8 Å². The van der Waals surface area contributed by atoms with Crippen LogP contribution in [0.4, 0.5) is 0 Å². The highest BCUT2D eigenvalue weighted by atomic mass is 33.1. The molecule has 0 aromatic heterocycles. The summed E-state index contributed by atoms with van der Waals surface area (Å²) in [4.78, 5) is 4.02. The summed E-state index contributed by atoms with van der Waals surface area (Å²) in [5, 5.41) is 0. The predicted molar refractivity (Wildman–Crippen MR) is 67.1 cm³/mol. The highest BCUT2D eigenvalue weighted by Gasteiger charge is 1.98. The van der Waals surface area contributed by atoms with Gasteiger partial charge in [-0.05, 0) is 6.42 Å². The molecule has 0 aromatic carbocycles. The van der Waals surface area contributed by atoms with Crippen molar-refractivity contribution in [1.29, 1.82) is 0 Å². The second-order valence-corrected chi connectivity index (χ2v) is 5.36. The molecule has 92 valence electrons. The van der Waals surface area contributed by atoms with Gasteiger partial charge in [0.2, 0.25) is 0 Å². The normalized spacial score (nSPS) is 8.80. The first-order chi connectivity index (χ1) is 7.22. The van der Waals surface area contributed by atoms with Gasteiger partial charge >= 0.3 is 14.8 Å². The van der Waals surface area contributed by atoms with E-state index < -0.39 is 14.8 Å². The number of thiol groups is 1. The van der Waals surface area contributed by atoms with E-state index in [2.05, 4.69) is 31.2 Å². The Kier molecular flexibility index (Phi) is 20.4. The average Bonchev–Trinajstić information content (AvgIpc) is 2.26. The van der Waals surface area contributed by atoms with Crippen LogP contribution < -0.4 is 0 Å². The molecule has 4 nitrogen and oxygen atoms in total. The Bertz CT molecular complexity index is 132. The monoisotopic (exact) mass is 271 g/mol. The minimum atomic E-state index is -2.65. The van der Waals surface area contributed by atoms with Crippen LogP contribution in [0.15, 0.2) is 0 Å². The van der Waals surface area contributed by atoms with Crippen LogP contribution in [-0.4, -0.2) is 34.7 Å². The van der Waals surface area contributed by atoms with Gasteiger partial charge in [0.15, 0.2) is 0 Å². The Balaban J connectivity index is 0. The van der Waals surface area contributed by atoms with E-state index in [0.717, 1.165) is 0 Å². The molecule has 0 aliphatic heterocycles. The maximum absolute atomic E-state index is 10.1. The van der Waals surface area contributed by atoms with Gasteiger partial charge in [0.25, 0.3) is 0 Å². The summed E-state index contributed by atoms with van der Waals surface area (Å²) in [6.45, 7) is 2.23. The van der Waals surface area contributed by atoms with E-state index in [0.29, 0.717) is 0 Å². The van der Waals surface area contributed by atoms with Crippen molar-refractivity contribution in [1.82, 2.24) is 0 Å². The molecule has 0 atom stereocenters. The summed E-state index contributed by atoms with van der Waals surface area (Å²) in [7, 11) is 4.22. The van der Waals surface area contributed by atoms with Crippen LogP contribution in [0.5, 0.6) is 0 Å². The fourth-order valence-corrected chi connectivity index (χ4v) is 1.67. The van der Waals surface area contributed by atoms with Crippen molar-refractivity contribution in [2.24, 2.45) is 0 Å². The largest absolute Gasteiger partial charge is 0.839 e. The van der Waals surface area contributed by atoms with E-state index in [1.807, 2.05) is 0 Å². The Morgan fingerprint density at radius 3 is 2.27 bits per heavy atom. The van der Waals surface area contributed by atoms with E-state index >= 15 is 0 Å². The summed E-state index contributed by atoms with van der Waals surface area (Å²) in [6, 6.07) is 0. The van der Waals surface area contributed by atoms with Gasteiger partial charge in [-0.1, -0.05) is 37.0 Å². The number of hydrogen-bond acceptors (Lipinski definition) is 6. The van der Waals surface area contributed by atoms with Crippen molar-refractivity contribution in [2.75, 3.05) is 20.0 Å². The lowest BCUT2D eigenvalue weighted by molar-refractivity contribution is -0.200. The SMILES string of the molecule is CCCCCCSS.CO[O][Al-](=[O])[O]C. The molecular formula is C8H20AlO4S2-. The van der Waals surface area contributed by atoms with Crippen LogP contribution >= 0.6 is 22.5 Å². The van der Waals surface area contributed by atoms with Crippen molar-refractivity contribution in [3.8, 4) is 0 Å². The van der Waals surface area contributed by atoms with Crippen LogP contribution in [0.3, 0.4) is 0 Å². The Morgan fingerprint density at radius 2 is 1.93 bits per heavy atom. The molecule has 0 rings (SSSR count). The third kappa shape index (κ3) is 20.6. The van der Waals surface area contributed by atoms with Gasteiger partial charge in [-0.2, -0.15) is 0 Å². The number of unbranched alkanes of at least 4 members (excludes halogenated alkanes) is 3. The molecule has 0 N–H and O–H groups in total. The molecule has 0 aliphatic carbocycles. The minimum absolute atomic E-state index is 1.21. The van der Waals surface area contributed by atoms with Gasteiger partial charge in [-0.15, -0.1) is 11.7 Å². The summed E-state index contributed by atoms with van der Waals surface area (Å²) >= 11 is 1.39. The molecule has 15 heavy (non-hydrogen) atoms. The van der Waals surface area contributed by atoms with Gasteiger partial charge < -0.3 is 11.5 Å². The van der Waals surface area contributed by atoms with Gasteiger partial charge in [-0.25, -0.2) is 0 Å². The quantitative estimate of drug-likeness (QED) is 0.184. The molecule has 7 heteroatoms. The van der Waals surface area contributed by atoms with Crippen molar-refractivity contribution in [3.63, 3.8) is 0 Å². The van der Waals surface area contributed by atoms with Crippen LogP contribution in [0.25, 0.3) is 0 Å². The Hall–Kier alpha value is 0.592. The van der Waals surface area contributed by atoms with E-state index in [9.17, 15) is 3.80 Å². The van der Waals surface area contributed by atoms with E-state index in [4.69, 9.17) is 0 Å². The molecule has 0 heterocycles. The van der Waals surface area contributed by atoms with Crippen LogP contribution in [0.1, 0.15) is 32.6 Å². The molecular weight excluding hydrogens is 251 g/mol. The molecule has 0 radical (unpaired) electrons. The highest BCUT2D eigenvalue weighted by molar-refractivity contribution is 8.68. The van der Waals surface area contributed by atoms with Crippen LogP contribution in [0.2, 0.25) is 0 Å². The van der Waals surface area contributed by atoms with Gasteiger partial charge in [0, 0.05) is 12.9 Å². The summed E-state index contributed by atoms with van der Waals surface area (Å²) in [5.74, 6) is 1.21. The molecule has 0 aromatic rings. The van der Waals surface area contributed by atoms with Crippen LogP contribution in [-0.2, 0) is 16.4 Å². The second kappa shape index (κ2) is 17.0. The first kappa shape index (κ1) is 18.0. The molecule has 0 aliphatic rings. The molecule has 0 bridgehead atoms. The lowest BCUT2D eigenvalue weighted by atomic mass is 10.2. The van der Waals surface area contributed by atoms with Gasteiger partial charge in [0.05, 0.1) is 7.11 Å². The Labute approximate surface area is 106 Å². The molecule has 0 spiro atoms. The maximum Gasteiger partial charge on any atom is 0.839 e. The van der Waals surface area contributed by atoms with Crippen LogP contribution in [0, 0.1) is 0 Å². The van der Waals surface area contributed by atoms with E-state index in [-0.39, 0.29) is 0 Å². The molecule has 0 unspecified atom stereocenters. The van der Waals surface area contributed by atoms with Crippen molar-refractivity contribution in [3.05, 3.63) is 0 Å². The Morgan fingerprint density at radius 1 is 1.27 bits per heavy atom. The minimum Gasteiger partial charge on any atom is -0.771 e. The maximum atomic E-state index is 10.1. The smallest absolute Gasteiger partial charge is 0.771 e. The lowest BCUT2D eigenvalue weighted by Crippen LogP contribution is -2.07. The van der Waals surface area contributed by atoms with Gasteiger partial charge in [0.1, 0.15) is 0 Å².